The lowest BCUT2D eigenvalue weighted by atomic mass is 10.1. The molecular formula is C18H15FN4O. The number of methoxy groups -OCH3 is 1. The number of rotatable bonds is 4. The Labute approximate surface area is 138 Å². The molecule has 4 rings (SSSR count). The molecule has 1 aliphatic rings. The maximum atomic E-state index is 13.5. The highest BCUT2D eigenvalue weighted by Crippen LogP contribution is 2.54. The Morgan fingerprint density at radius 1 is 0.958 bits per heavy atom. The van der Waals surface area contributed by atoms with Crippen LogP contribution in [0.25, 0.3) is 11.6 Å². The molecule has 2 heterocycles. The zero-order valence-electron chi connectivity index (χ0n) is 13.1. The van der Waals surface area contributed by atoms with Gasteiger partial charge in [0.25, 0.3) is 0 Å². The Morgan fingerprint density at radius 2 is 1.62 bits per heavy atom. The highest BCUT2D eigenvalue weighted by molar-refractivity contribution is 5.43. The van der Waals surface area contributed by atoms with Crippen LogP contribution in [0.3, 0.4) is 0 Å². The Bertz CT molecular complexity index is 855. The summed E-state index contributed by atoms with van der Waals surface area (Å²) in [6.07, 6.45) is 7.98. The maximum Gasteiger partial charge on any atom is 0.197 e. The monoisotopic (exact) mass is 322 g/mol. The quantitative estimate of drug-likeness (QED) is 0.737. The lowest BCUT2D eigenvalue weighted by molar-refractivity contribution is 0.386. The van der Waals surface area contributed by atoms with Gasteiger partial charge in [0.1, 0.15) is 0 Å². The molecule has 24 heavy (non-hydrogen) atoms. The van der Waals surface area contributed by atoms with Crippen molar-refractivity contribution in [2.24, 2.45) is 0 Å². The van der Waals surface area contributed by atoms with E-state index in [1.165, 1.54) is 13.2 Å². The van der Waals surface area contributed by atoms with E-state index in [4.69, 9.17) is 4.74 Å². The summed E-state index contributed by atoms with van der Waals surface area (Å²) >= 11 is 0. The van der Waals surface area contributed by atoms with Crippen LogP contribution < -0.4 is 4.74 Å². The van der Waals surface area contributed by atoms with Gasteiger partial charge >= 0.3 is 0 Å². The predicted octanol–water partition coefficient (Wildman–Crippen LogP) is 3.35. The second-order valence-corrected chi connectivity index (χ2v) is 5.76. The number of hydrogen-bond donors (Lipinski definition) is 0. The molecule has 2 aromatic heterocycles. The molecule has 120 valence electrons. The molecule has 1 aliphatic carbocycles. The number of halogens is 1. The molecule has 5 nitrogen and oxygen atoms in total. The zero-order chi connectivity index (χ0) is 16.5. The van der Waals surface area contributed by atoms with E-state index in [-0.39, 0.29) is 11.6 Å². The first kappa shape index (κ1) is 14.7. The van der Waals surface area contributed by atoms with Gasteiger partial charge in [-0.1, -0.05) is 6.07 Å². The van der Waals surface area contributed by atoms with E-state index < -0.39 is 0 Å². The summed E-state index contributed by atoms with van der Waals surface area (Å²) in [6.45, 7) is 0. The van der Waals surface area contributed by atoms with Gasteiger partial charge in [-0.15, -0.1) is 0 Å². The predicted molar refractivity (Wildman–Crippen MR) is 86.1 cm³/mol. The van der Waals surface area contributed by atoms with Gasteiger partial charge in [-0.25, -0.2) is 24.3 Å². The van der Waals surface area contributed by atoms with E-state index >= 15 is 0 Å². The fraction of sp³-hybridized carbons (Fsp3) is 0.222. The Balaban J connectivity index is 1.52. The minimum atomic E-state index is -0.339. The summed E-state index contributed by atoms with van der Waals surface area (Å²) in [7, 11) is 1.48. The number of ether oxygens (including phenoxy) is 1. The summed E-state index contributed by atoms with van der Waals surface area (Å²) in [5, 5.41) is 0. The maximum absolute atomic E-state index is 13.5. The molecule has 0 aliphatic heterocycles. The summed E-state index contributed by atoms with van der Waals surface area (Å²) in [5.41, 5.74) is 2.15. The highest BCUT2D eigenvalue weighted by Gasteiger charge is 2.40. The smallest absolute Gasteiger partial charge is 0.197 e. The third kappa shape index (κ3) is 2.71. The molecule has 1 saturated carbocycles. The van der Waals surface area contributed by atoms with Crippen LogP contribution in [0.1, 0.15) is 29.4 Å². The van der Waals surface area contributed by atoms with Crippen molar-refractivity contribution in [3.05, 3.63) is 66.0 Å². The Hall–Kier alpha value is -2.89. The molecule has 2 atom stereocenters. The summed E-state index contributed by atoms with van der Waals surface area (Å²) < 4.78 is 18.6. The fourth-order valence-corrected chi connectivity index (χ4v) is 2.90. The molecule has 6 heteroatoms. The molecule has 0 spiro atoms. The van der Waals surface area contributed by atoms with Crippen LogP contribution in [0.2, 0.25) is 0 Å². The highest BCUT2D eigenvalue weighted by atomic mass is 19.1. The Morgan fingerprint density at radius 3 is 2.33 bits per heavy atom. The molecule has 0 saturated heterocycles. The van der Waals surface area contributed by atoms with Gasteiger partial charge in [0.15, 0.2) is 23.2 Å². The largest absolute Gasteiger partial charge is 0.494 e. The SMILES string of the molecule is COc1cc(C2CC2c2cnc(-c3ncccn3)nc2)ccc1F. The van der Waals surface area contributed by atoms with Gasteiger partial charge in [0.05, 0.1) is 7.11 Å². The third-order valence-corrected chi connectivity index (χ3v) is 4.26. The first-order valence-corrected chi connectivity index (χ1v) is 7.69. The van der Waals surface area contributed by atoms with Crippen LogP contribution in [0.4, 0.5) is 4.39 Å². The van der Waals surface area contributed by atoms with Gasteiger partial charge in [-0.3, -0.25) is 0 Å². The van der Waals surface area contributed by atoms with Crippen molar-refractivity contribution in [1.82, 2.24) is 19.9 Å². The lowest BCUT2D eigenvalue weighted by Gasteiger charge is -2.06. The number of benzene rings is 1. The molecule has 1 aromatic carbocycles. The molecule has 2 unspecified atom stereocenters. The van der Waals surface area contributed by atoms with Crippen LogP contribution in [0, 0.1) is 5.82 Å². The van der Waals surface area contributed by atoms with Gasteiger partial charge < -0.3 is 4.74 Å². The fourth-order valence-electron chi connectivity index (χ4n) is 2.90. The minimum Gasteiger partial charge on any atom is -0.494 e. The van der Waals surface area contributed by atoms with Crippen LogP contribution >= 0.6 is 0 Å². The second kappa shape index (κ2) is 5.96. The minimum absolute atomic E-state index is 0.283. The lowest BCUT2D eigenvalue weighted by Crippen LogP contribution is -1.96. The summed E-state index contributed by atoms with van der Waals surface area (Å²) in [4.78, 5) is 17.0. The van der Waals surface area contributed by atoms with Gasteiger partial charge in [0, 0.05) is 24.8 Å². The zero-order valence-corrected chi connectivity index (χ0v) is 13.1. The van der Waals surface area contributed by atoms with Crippen LogP contribution in [-0.4, -0.2) is 27.0 Å². The van der Waals surface area contributed by atoms with Crippen LogP contribution in [-0.2, 0) is 0 Å². The molecule has 0 bridgehead atoms. The molecule has 3 aromatic rings. The van der Waals surface area contributed by atoms with Gasteiger partial charge in [-0.2, -0.15) is 0 Å². The summed E-state index contributed by atoms with van der Waals surface area (Å²) in [6, 6.07) is 6.79. The van der Waals surface area contributed by atoms with Crippen LogP contribution in [0.5, 0.6) is 5.75 Å². The van der Waals surface area contributed by atoms with E-state index in [0.717, 1.165) is 17.5 Å². The average Bonchev–Trinajstić information content (AvgIpc) is 3.44. The van der Waals surface area contributed by atoms with Crippen molar-refractivity contribution >= 4 is 0 Å². The standard InChI is InChI=1S/C18H15FN4O/c1-24-16-7-11(3-4-15(16)19)13-8-14(13)12-9-22-18(23-10-12)17-20-5-2-6-21-17/h2-7,9-10,13-14H,8H2,1H3. The van der Waals surface area contributed by atoms with Crippen molar-refractivity contribution in [1.29, 1.82) is 0 Å². The molecule has 0 N–H and O–H groups in total. The normalized spacial score (nSPS) is 19.1. The molecule has 1 fully saturated rings. The second-order valence-electron chi connectivity index (χ2n) is 5.76. The third-order valence-electron chi connectivity index (χ3n) is 4.26. The van der Waals surface area contributed by atoms with E-state index in [1.807, 2.05) is 18.5 Å². The van der Waals surface area contributed by atoms with E-state index in [0.29, 0.717) is 23.5 Å². The van der Waals surface area contributed by atoms with Crippen molar-refractivity contribution < 1.29 is 9.13 Å². The van der Waals surface area contributed by atoms with Gasteiger partial charge in [-0.05, 0) is 47.6 Å². The first-order valence-electron chi connectivity index (χ1n) is 7.69. The summed E-state index contributed by atoms with van der Waals surface area (Å²) in [5.74, 6) is 1.67. The van der Waals surface area contributed by atoms with Crippen molar-refractivity contribution in [3.63, 3.8) is 0 Å². The average molecular weight is 322 g/mol. The van der Waals surface area contributed by atoms with Crippen LogP contribution in [0.15, 0.2) is 49.1 Å². The van der Waals surface area contributed by atoms with E-state index in [9.17, 15) is 4.39 Å². The molecule has 0 radical (unpaired) electrons. The van der Waals surface area contributed by atoms with Crippen molar-refractivity contribution in [2.75, 3.05) is 7.11 Å². The van der Waals surface area contributed by atoms with Gasteiger partial charge in [0.2, 0.25) is 0 Å². The molecular weight excluding hydrogens is 307 g/mol. The first-order chi connectivity index (χ1) is 11.8. The number of nitrogens with zero attached hydrogens (tertiary/aromatic N) is 4. The number of hydrogen-bond acceptors (Lipinski definition) is 5. The molecule has 0 amide bonds. The van der Waals surface area contributed by atoms with Crippen molar-refractivity contribution in [3.8, 4) is 17.4 Å². The van der Waals surface area contributed by atoms with E-state index in [1.54, 1.807) is 24.5 Å². The Kier molecular flexibility index (Phi) is 3.65. The van der Waals surface area contributed by atoms with E-state index in [2.05, 4.69) is 19.9 Å². The topological polar surface area (TPSA) is 60.8 Å². The number of aromatic nitrogens is 4. The van der Waals surface area contributed by atoms with Crippen molar-refractivity contribution in [2.45, 2.75) is 18.3 Å².